The van der Waals surface area contributed by atoms with Gasteiger partial charge < -0.3 is 0 Å². The van der Waals surface area contributed by atoms with Crippen LogP contribution in [0.25, 0.3) is 28.1 Å². The molecule has 0 atom stereocenters. The molecule has 4 heteroatoms. The van der Waals surface area contributed by atoms with E-state index in [1.54, 1.807) is 17.1 Å². The van der Waals surface area contributed by atoms with Crippen LogP contribution in [0.3, 0.4) is 0 Å². The second-order valence-corrected chi connectivity index (χ2v) is 5.20. The maximum Gasteiger partial charge on any atom is 0.113 e. The Kier molecular flexibility index (Phi) is 3.41. The summed E-state index contributed by atoms with van der Waals surface area (Å²) in [6.07, 6.45) is 5.42. The molecule has 2 aromatic carbocycles. The Labute approximate surface area is 134 Å². The monoisotopic (exact) mass is 298 g/mol. The Morgan fingerprint density at radius 2 is 1.43 bits per heavy atom. The van der Waals surface area contributed by atoms with Gasteiger partial charge in [-0.3, -0.25) is 4.98 Å². The van der Waals surface area contributed by atoms with Crippen LogP contribution < -0.4 is 0 Å². The lowest BCUT2D eigenvalue weighted by molar-refractivity contribution is 0.802. The van der Waals surface area contributed by atoms with Gasteiger partial charge in [-0.25, -0.2) is 4.68 Å². The van der Waals surface area contributed by atoms with Gasteiger partial charge in [-0.05, 0) is 29.3 Å². The van der Waals surface area contributed by atoms with E-state index >= 15 is 0 Å². The van der Waals surface area contributed by atoms with E-state index in [-0.39, 0.29) is 0 Å². The number of benzene rings is 2. The van der Waals surface area contributed by atoms with Crippen molar-refractivity contribution in [3.8, 4) is 28.1 Å². The Morgan fingerprint density at radius 1 is 0.696 bits per heavy atom. The fourth-order valence-corrected chi connectivity index (χ4v) is 2.51. The van der Waals surface area contributed by atoms with Crippen LogP contribution in [-0.2, 0) is 0 Å². The van der Waals surface area contributed by atoms with Gasteiger partial charge in [0.2, 0.25) is 0 Å². The van der Waals surface area contributed by atoms with Crippen molar-refractivity contribution >= 4 is 0 Å². The van der Waals surface area contributed by atoms with Gasteiger partial charge in [0.05, 0.1) is 11.9 Å². The highest BCUT2D eigenvalue weighted by molar-refractivity contribution is 5.71. The van der Waals surface area contributed by atoms with Crippen molar-refractivity contribution in [1.29, 1.82) is 0 Å². The van der Waals surface area contributed by atoms with E-state index in [0.717, 1.165) is 16.9 Å². The number of hydrogen-bond acceptors (Lipinski definition) is 3. The number of aromatic nitrogens is 4. The third-order valence-electron chi connectivity index (χ3n) is 3.69. The molecule has 4 aromatic rings. The Morgan fingerprint density at radius 3 is 2.26 bits per heavy atom. The van der Waals surface area contributed by atoms with Gasteiger partial charge >= 0.3 is 0 Å². The van der Waals surface area contributed by atoms with E-state index in [4.69, 9.17) is 0 Å². The topological polar surface area (TPSA) is 43.6 Å². The molecule has 0 N–H and O–H groups in total. The van der Waals surface area contributed by atoms with Gasteiger partial charge in [-0.2, -0.15) is 0 Å². The van der Waals surface area contributed by atoms with Gasteiger partial charge in [0, 0.05) is 18.0 Å². The van der Waals surface area contributed by atoms with Gasteiger partial charge in [0.15, 0.2) is 0 Å². The second-order valence-electron chi connectivity index (χ2n) is 5.20. The molecule has 0 aliphatic heterocycles. The summed E-state index contributed by atoms with van der Waals surface area (Å²) < 4.78 is 1.76. The zero-order valence-corrected chi connectivity index (χ0v) is 12.4. The minimum atomic E-state index is 0.847. The molecule has 0 bridgehead atoms. The third-order valence-corrected chi connectivity index (χ3v) is 3.69. The summed E-state index contributed by atoms with van der Waals surface area (Å²) in [5, 5.41) is 8.49. The van der Waals surface area contributed by atoms with Crippen molar-refractivity contribution < 1.29 is 0 Å². The maximum absolute atomic E-state index is 4.29. The standard InChI is InChI=1S/C19H14N4/c1-2-5-15(6-3-1)16-7-4-8-17(13-16)19-14-23(22-21-19)18-9-11-20-12-10-18/h1-14H. The quantitative estimate of drug-likeness (QED) is 0.574. The lowest BCUT2D eigenvalue weighted by Crippen LogP contribution is -1.94. The summed E-state index contributed by atoms with van der Waals surface area (Å²) >= 11 is 0. The normalized spacial score (nSPS) is 10.6. The minimum absolute atomic E-state index is 0.847. The summed E-state index contributed by atoms with van der Waals surface area (Å²) in [6.45, 7) is 0. The van der Waals surface area contributed by atoms with Crippen LogP contribution in [0.2, 0.25) is 0 Å². The number of pyridine rings is 1. The van der Waals surface area contributed by atoms with Crippen LogP contribution in [-0.4, -0.2) is 20.0 Å². The molecule has 0 amide bonds. The van der Waals surface area contributed by atoms with E-state index in [9.17, 15) is 0 Å². The van der Waals surface area contributed by atoms with Crippen LogP contribution in [0.4, 0.5) is 0 Å². The molecule has 0 spiro atoms. The summed E-state index contributed by atoms with van der Waals surface area (Å²) in [5.74, 6) is 0. The maximum atomic E-state index is 4.29. The highest BCUT2D eigenvalue weighted by atomic mass is 15.4. The highest BCUT2D eigenvalue weighted by Gasteiger charge is 2.06. The molecular formula is C19H14N4. The largest absolute Gasteiger partial charge is 0.265 e. The zero-order chi connectivity index (χ0) is 15.5. The number of rotatable bonds is 3. The molecule has 23 heavy (non-hydrogen) atoms. The molecular weight excluding hydrogens is 284 g/mol. The fourth-order valence-electron chi connectivity index (χ4n) is 2.51. The lowest BCUT2D eigenvalue weighted by Gasteiger charge is -2.03. The zero-order valence-electron chi connectivity index (χ0n) is 12.4. The van der Waals surface area contributed by atoms with Crippen molar-refractivity contribution in [3.05, 3.63) is 85.3 Å². The first-order valence-electron chi connectivity index (χ1n) is 7.39. The van der Waals surface area contributed by atoms with Gasteiger partial charge in [-0.15, -0.1) is 5.10 Å². The number of nitrogens with zero attached hydrogens (tertiary/aromatic N) is 4. The number of hydrogen-bond donors (Lipinski definition) is 0. The molecule has 0 aliphatic carbocycles. The van der Waals surface area contributed by atoms with E-state index in [2.05, 4.69) is 39.6 Å². The molecule has 0 saturated carbocycles. The van der Waals surface area contributed by atoms with Crippen molar-refractivity contribution in [2.45, 2.75) is 0 Å². The van der Waals surface area contributed by atoms with Gasteiger partial charge in [-0.1, -0.05) is 53.7 Å². The average Bonchev–Trinajstić information content (AvgIpc) is 3.14. The molecule has 0 saturated heterocycles. The molecule has 4 nitrogen and oxygen atoms in total. The first-order chi connectivity index (χ1) is 11.4. The van der Waals surface area contributed by atoms with Crippen molar-refractivity contribution in [3.63, 3.8) is 0 Å². The Bertz CT molecular complexity index is 914. The smallest absolute Gasteiger partial charge is 0.113 e. The summed E-state index contributed by atoms with van der Waals surface area (Å²) in [5.41, 5.74) is 5.20. The van der Waals surface area contributed by atoms with Crippen LogP contribution in [0.15, 0.2) is 85.3 Å². The fraction of sp³-hybridized carbons (Fsp3) is 0. The molecule has 2 heterocycles. The Hall–Kier alpha value is -3.27. The lowest BCUT2D eigenvalue weighted by atomic mass is 10.0. The summed E-state index contributed by atoms with van der Waals surface area (Å²) in [6, 6.07) is 22.5. The van der Waals surface area contributed by atoms with Crippen LogP contribution in [0, 0.1) is 0 Å². The summed E-state index contributed by atoms with van der Waals surface area (Å²) in [7, 11) is 0. The van der Waals surface area contributed by atoms with E-state index in [0.29, 0.717) is 0 Å². The van der Waals surface area contributed by atoms with Crippen molar-refractivity contribution in [1.82, 2.24) is 20.0 Å². The SMILES string of the molecule is c1ccc(-c2cccc(-c3cn(-c4ccncc4)nn3)c2)cc1. The average molecular weight is 298 g/mol. The Balaban J connectivity index is 1.71. The van der Waals surface area contributed by atoms with E-state index < -0.39 is 0 Å². The third kappa shape index (κ3) is 2.74. The van der Waals surface area contributed by atoms with Crippen LogP contribution in [0.5, 0.6) is 0 Å². The minimum Gasteiger partial charge on any atom is -0.265 e. The first-order valence-corrected chi connectivity index (χ1v) is 7.39. The van der Waals surface area contributed by atoms with Crippen molar-refractivity contribution in [2.75, 3.05) is 0 Å². The molecule has 0 fully saturated rings. The van der Waals surface area contributed by atoms with Gasteiger partial charge in [0.1, 0.15) is 5.69 Å². The van der Waals surface area contributed by atoms with Crippen LogP contribution in [0.1, 0.15) is 0 Å². The van der Waals surface area contributed by atoms with E-state index in [1.807, 2.05) is 48.7 Å². The molecule has 110 valence electrons. The van der Waals surface area contributed by atoms with Crippen LogP contribution >= 0.6 is 0 Å². The molecule has 0 unspecified atom stereocenters. The van der Waals surface area contributed by atoms with Gasteiger partial charge in [0.25, 0.3) is 0 Å². The predicted molar refractivity (Wildman–Crippen MR) is 90.0 cm³/mol. The molecule has 0 radical (unpaired) electrons. The summed E-state index contributed by atoms with van der Waals surface area (Å²) in [4.78, 5) is 4.02. The predicted octanol–water partition coefficient (Wildman–Crippen LogP) is 4.00. The van der Waals surface area contributed by atoms with Crippen molar-refractivity contribution in [2.24, 2.45) is 0 Å². The molecule has 2 aromatic heterocycles. The second kappa shape index (κ2) is 5.85. The first kappa shape index (κ1) is 13.4. The highest BCUT2D eigenvalue weighted by Crippen LogP contribution is 2.25. The van der Waals surface area contributed by atoms with E-state index in [1.165, 1.54) is 11.1 Å². The molecule has 0 aliphatic rings. The molecule has 4 rings (SSSR count).